The number of rotatable bonds is 5. The Bertz CT molecular complexity index is 1180. The summed E-state index contributed by atoms with van der Waals surface area (Å²) in [7, 11) is -3.70. The van der Waals surface area contributed by atoms with Crippen molar-refractivity contribution in [2.24, 2.45) is 0 Å². The van der Waals surface area contributed by atoms with Crippen LogP contribution in [0.1, 0.15) is 22.6 Å². The topological polar surface area (TPSA) is 73.7 Å². The van der Waals surface area contributed by atoms with E-state index in [0.29, 0.717) is 23.7 Å². The molecule has 1 fully saturated rings. The number of anilines is 1. The number of aliphatic hydroxyl groups is 1. The van der Waals surface area contributed by atoms with Crippen LogP contribution in [-0.4, -0.2) is 48.6 Å². The average molecular weight is 436 g/mol. The van der Waals surface area contributed by atoms with Gasteiger partial charge in [0.2, 0.25) is 0 Å². The molecule has 0 spiro atoms. The van der Waals surface area contributed by atoms with Gasteiger partial charge in [-0.15, -0.1) is 0 Å². The minimum absolute atomic E-state index is 0.00696. The van der Waals surface area contributed by atoms with Gasteiger partial charge in [-0.25, -0.2) is 8.42 Å². The Hall–Kier alpha value is -2.74. The molecule has 0 aliphatic carbocycles. The Morgan fingerprint density at radius 2 is 1.84 bits per heavy atom. The van der Waals surface area contributed by atoms with Gasteiger partial charge < -0.3 is 5.11 Å². The van der Waals surface area contributed by atoms with Crippen molar-refractivity contribution in [3.8, 4) is 0 Å². The summed E-state index contributed by atoms with van der Waals surface area (Å²) < 4.78 is 28.7. The van der Waals surface area contributed by atoms with Crippen molar-refractivity contribution in [1.29, 1.82) is 0 Å². The maximum Gasteiger partial charge on any atom is 0.264 e. The number of benzene rings is 2. The van der Waals surface area contributed by atoms with E-state index in [4.69, 9.17) is 0 Å². The van der Waals surface area contributed by atoms with Gasteiger partial charge in [-0.05, 0) is 42.3 Å². The summed E-state index contributed by atoms with van der Waals surface area (Å²) in [5.74, 6) is 0.0994. The third kappa shape index (κ3) is 3.33. The largest absolute Gasteiger partial charge is 0.395 e. The summed E-state index contributed by atoms with van der Waals surface area (Å²) in [6.45, 7) is 2.95. The fourth-order valence-electron chi connectivity index (χ4n) is 4.93. The van der Waals surface area contributed by atoms with Crippen LogP contribution >= 0.6 is 0 Å². The van der Waals surface area contributed by atoms with E-state index in [1.807, 2.05) is 61.7 Å². The van der Waals surface area contributed by atoms with Crippen molar-refractivity contribution < 1.29 is 13.5 Å². The van der Waals surface area contributed by atoms with Crippen LogP contribution in [0, 0.1) is 6.92 Å². The second-order valence-electron chi connectivity index (χ2n) is 8.28. The van der Waals surface area contributed by atoms with Gasteiger partial charge in [0.25, 0.3) is 10.0 Å². The SMILES string of the molecule is Cc1ccc(S(=O)(=O)N2C[C@@H]3[C@H](c4ccccc42)[C@@H](CO)N3Cc2cccnc2)cc1. The van der Waals surface area contributed by atoms with Crippen molar-refractivity contribution in [1.82, 2.24) is 9.88 Å². The van der Waals surface area contributed by atoms with E-state index in [-0.39, 0.29) is 24.6 Å². The van der Waals surface area contributed by atoms with Gasteiger partial charge in [-0.1, -0.05) is 42.0 Å². The Balaban J connectivity index is 1.54. The lowest BCUT2D eigenvalue weighted by atomic mass is 9.72. The molecule has 3 heterocycles. The summed E-state index contributed by atoms with van der Waals surface area (Å²) in [5.41, 5.74) is 3.76. The standard InChI is InChI=1S/C24H25N3O3S/c1-17-8-10-19(11-9-17)31(29,30)27-15-22-24(20-6-2-3-7-21(20)27)23(16-28)26(22)14-18-5-4-12-25-13-18/h2-13,22-24,28H,14-16H2,1H3/t22-,23-,24+/m1/s1. The van der Waals surface area contributed by atoms with E-state index >= 15 is 0 Å². The van der Waals surface area contributed by atoms with Crippen LogP contribution in [0.5, 0.6) is 0 Å². The number of sulfonamides is 1. The normalized spacial score (nSPS) is 23.0. The lowest BCUT2D eigenvalue weighted by Gasteiger charge is -2.59. The smallest absolute Gasteiger partial charge is 0.264 e. The molecule has 0 radical (unpaired) electrons. The average Bonchev–Trinajstić information content (AvgIpc) is 2.78. The van der Waals surface area contributed by atoms with E-state index < -0.39 is 10.0 Å². The highest BCUT2D eigenvalue weighted by molar-refractivity contribution is 7.92. The number of nitrogens with zero attached hydrogens (tertiary/aromatic N) is 3. The van der Waals surface area contributed by atoms with Gasteiger partial charge in [0, 0.05) is 36.9 Å². The number of aliphatic hydroxyl groups excluding tert-OH is 1. The molecule has 1 saturated heterocycles. The number of hydrogen-bond acceptors (Lipinski definition) is 5. The molecule has 3 atom stereocenters. The number of likely N-dealkylation sites (tertiary alicyclic amines) is 1. The number of hydrogen-bond donors (Lipinski definition) is 1. The highest BCUT2D eigenvalue weighted by Gasteiger charge is 2.53. The molecule has 2 aromatic carbocycles. The number of para-hydroxylation sites is 1. The molecule has 6 nitrogen and oxygen atoms in total. The Morgan fingerprint density at radius 3 is 2.55 bits per heavy atom. The van der Waals surface area contributed by atoms with E-state index in [2.05, 4.69) is 9.88 Å². The zero-order valence-corrected chi connectivity index (χ0v) is 18.1. The first-order chi connectivity index (χ1) is 15.0. The maximum absolute atomic E-state index is 13.6. The molecular weight excluding hydrogens is 410 g/mol. The number of fused-ring (bicyclic) bond motifs is 3. The molecule has 160 valence electrons. The molecule has 0 unspecified atom stereocenters. The molecule has 5 rings (SSSR count). The van der Waals surface area contributed by atoms with Gasteiger partial charge in [-0.2, -0.15) is 0 Å². The van der Waals surface area contributed by atoms with Crippen molar-refractivity contribution in [2.45, 2.75) is 36.4 Å². The van der Waals surface area contributed by atoms with Crippen LogP contribution in [0.4, 0.5) is 5.69 Å². The van der Waals surface area contributed by atoms with Crippen molar-refractivity contribution >= 4 is 15.7 Å². The third-order valence-electron chi connectivity index (χ3n) is 6.48. The van der Waals surface area contributed by atoms with Crippen LogP contribution < -0.4 is 4.31 Å². The first-order valence-corrected chi connectivity index (χ1v) is 11.9. The quantitative estimate of drug-likeness (QED) is 0.667. The zero-order valence-electron chi connectivity index (χ0n) is 17.3. The van der Waals surface area contributed by atoms with Crippen LogP contribution in [0.3, 0.4) is 0 Å². The van der Waals surface area contributed by atoms with Gasteiger partial charge in [0.15, 0.2) is 0 Å². The summed E-state index contributed by atoms with van der Waals surface area (Å²) in [6, 6.07) is 18.5. The van der Waals surface area contributed by atoms with Crippen LogP contribution in [0.15, 0.2) is 78.0 Å². The van der Waals surface area contributed by atoms with Crippen molar-refractivity contribution in [3.05, 3.63) is 89.7 Å². The third-order valence-corrected chi connectivity index (χ3v) is 8.28. The lowest BCUT2D eigenvalue weighted by molar-refractivity contribution is -0.0478. The molecule has 2 aliphatic rings. The maximum atomic E-state index is 13.6. The summed E-state index contributed by atoms with van der Waals surface area (Å²) in [4.78, 5) is 6.69. The molecule has 3 aromatic rings. The minimum Gasteiger partial charge on any atom is -0.395 e. The van der Waals surface area contributed by atoms with Crippen LogP contribution in [0.25, 0.3) is 0 Å². The highest BCUT2D eigenvalue weighted by Crippen LogP contribution is 2.49. The predicted molar refractivity (Wildman–Crippen MR) is 119 cm³/mol. The highest BCUT2D eigenvalue weighted by atomic mass is 32.2. The van der Waals surface area contributed by atoms with E-state index in [0.717, 1.165) is 16.7 Å². The molecule has 0 saturated carbocycles. The number of aromatic nitrogens is 1. The van der Waals surface area contributed by atoms with E-state index in [1.165, 1.54) is 4.31 Å². The fourth-order valence-corrected chi connectivity index (χ4v) is 6.44. The Labute approximate surface area is 182 Å². The zero-order chi connectivity index (χ0) is 21.6. The monoisotopic (exact) mass is 435 g/mol. The number of aryl methyl sites for hydroxylation is 1. The molecule has 0 amide bonds. The minimum atomic E-state index is -3.70. The number of pyridine rings is 1. The Kier molecular flexibility index (Phi) is 5.04. The molecule has 1 N–H and O–H groups in total. The van der Waals surface area contributed by atoms with Crippen LogP contribution in [0.2, 0.25) is 0 Å². The summed E-state index contributed by atoms with van der Waals surface area (Å²) >= 11 is 0. The van der Waals surface area contributed by atoms with Crippen molar-refractivity contribution in [3.63, 3.8) is 0 Å². The molecule has 1 aromatic heterocycles. The summed E-state index contributed by atoms with van der Waals surface area (Å²) in [6.07, 6.45) is 3.55. The summed E-state index contributed by atoms with van der Waals surface area (Å²) in [5, 5.41) is 10.1. The fraction of sp³-hybridized carbons (Fsp3) is 0.292. The molecule has 31 heavy (non-hydrogen) atoms. The van der Waals surface area contributed by atoms with Crippen LogP contribution in [-0.2, 0) is 16.6 Å². The second kappa shape index (κ2) is 7.75. The first kappa shape index (κ1) is 20.2. The van der Waals surface area contributed by atoms with Crippen molar-refractivity contribution in [2.75, 3.05) is 17.5 Å². The second-order valence-corrected chi connectivity index (χ2v) is 10.1. The molecule has 2 aliphatic heterocycles. The van der Waals surface area contributed by atoms with Gasteiger partial charge in [0.05, 0.1) is 23.7 Å². The van der Waals surface area contributed by atoms with Gasteiger partial charge in [-0.3, -0.25) is 14.2 Å². The van der Waals surface area contributed by atoms with E-state index in [9.17, 15) is 13.5 Å². The van der Waals surface area contributed by atoms with Gasteiger partial charge >= 0.3 is 0 Å². The Morgan fingerprint density at radius 1 is 1.06 bits per heavy atom. The molecular formula is C24H25N3O3S. The molecule has 7 heteroatoms. The van der Waals surface area contributed by atoms with E-state index in [1.54, 1.807) is 18.3 Å². The molecule has 0 bridgehead atoms. The lowest BCUT2D eigenvalue weighted by Crippen LogP contribution is -2.68. The first-order valence-electron chi connectivity index (χ1n) is 10.4. The predicted octanol–water partition coefficient (Wildman–Crippen LogP) is 2.93. The van der Waals surface area contributed by atoms with Gasteiger partial charge in [0.1, 0.15) is 0 Å².